The molecule has 0 bridgehead atoms. The maximum atomic E-state index is 13.0. The van der Waals surface area contributed by atoms with Gasteiger partial charge in [-0.25, -0.2) is 4.98 Å². The third-order valence-corrected chi connectivity index (χ3v) is 5.43. The van der Waals surface area contributed by atoms with Crippen molar-refractivity contribution in [3.8, 4) is 0 Å². The molecule has 1 aromatic carbocycles. The number of hydrogen-bond donors (Lipinski definition) is 0. The van der Waals surface area contributed by atoms with Gasteiger partial charge in [0.2, 0.25) is 0 Å². The van der Waals surface area contributed by atoms with Gasteiger partial charge in [-0.15, -0.1) is 0 Å². The molecule has 1 fully saturated rings. The van der Waals surface area contributed by atoms with E-state index >= 15 is 0 Å². The van der Waals surface area contributed by atoms with E-state index in [1.165, 1.54) is 16.2 Å². The second kappa shape index (κ2) is 7.94. The zero-order valence-corrected chi connectivity index (χ0v) is 16.0. The van der Waals surface area contributed by atoms with Crippen LogP contribution >= 0.6 is 0 Å². The first-order valence-electron chi connectivity index (χ1n) is 9.63. The average molecular weight is 376 g/mol. The minimum Gasteiger partial charge on any atom is -0.337 e. The molecule has 4 rings (SSSR count). The maximum Gasteiger partial charge on any atom is 0.270 e. The zero-order chi connectivity index (χ0) is 19.5. The van der Waals surface area contributed by atoms with E-state index in [1.54, 1.807) is 23.2 Å². The lowest BCUT2D eigenvalue weighted by Gasteiger charge is -2.37. The fourth-order valence-corrected chi connectivity index (χ4v) is 3.84. The Kier molecular flexibility index (Phi) is 5.21. The van der Waals surface area contributed by atoms with Gasteiger partial charge < -0.3 is 4.90 Å². The maximum absolute atomic E-state index is 13.0. The summed E-state index contributed by atoms with van der Waals surface area (Å²) in [4.78, 5) is 34.1. The number of aromatic nitrogens is 2. The summed E-state index contributed by atoms with van der Waals surface area (Å²) < 4.78 is 1.43. The summed E-state index contributed by atoms with van der Waals surface area (Å²) in [5, 5.41) is 0. The van der Waals surface area contributed by atoms with Crippen LogP contribution in [0.2, 0.25) is 0 Å². The van der Waals surface area contributed by atoms with Gasteiger partial charge in [0.15, 0.2) is 0 Å². The largest absolute Gasteiger partial charge is 0.337 e. The Bertz CT molecular complexity index is 1030. The molecule has 0 spiro atoms. The van der Waals surface area contributed by atoms with Gasteiger partial charge in [0.25, 0.3) is 11.5 Å². The molecule has 1 saturated heterocycles. The summed E-state index contributed by atoms with van der Waals surface area (Å²) in [6, 6.07) is 15.9. The molecule has 0 radical (unpaired) electrons. The summed E-state index contributed by atoms with van der Waals surface area (Å²) >= 11 is 0. The number of nitrogens with zero attached hydrogens (tertiary/aromatic N) is 4. The molecule has 1 unspecified atom stereocenters. The number of pyridine rings is 1. The standard InChI is InChI=1S/C22H24N4O2/c1-24(15-17-8-3-2-4-9-17)18-10-7-12-25(16-18)21(27)19-14-23-20-11-5-6-13-26(20)22(19)28/h2-6,8-9,11,13-14,18H,7,10,12,15-16H2,1H3. The Labute approximate surface area is 164 Å². The molecule has 1 aliphatic heterocycles. The predicted octanol–water partition coefficient (Wildman–Crippen LogP) is 2.43. The van der Waals surface area contributed by atoms with Crippen molar-refractivity contribution in [1.29, 1.82) is 0 Å². The number of benzene rings is 1. The highest BCUT2D eigenvalue weighted by Gasteiger charge is 2.28. The van der Waals surface area contributed by atoms with Crippen LogP contribution < -0.4 is 5.56 Å². The van der Waals surface area contributed by atoms with Crippen molar-refractivity contribution in [3.05, 3.63) is 82.4 Å². The van der Waals surface area contributed by atoms with Crippen LogP contribution in [0.1, 0.15) is 28.8 Å². The van der Waals surface area contributed by atoms with Crippen LogP contribution in [0.3, 0.4) is 0 Å². The van der Waals surface area contributed by atoms with E-state index in [4.69, 9.17) is 0 Å². The number of carbonyl (C=O) groups is 1. The molecule has 0 N–H and O–H groups in total. The summed E-state index contributed by atoms with van der Waals surface area (Å²) in [7, 11) is 2.10. The van der Waals surface area contributed by atoms with Crippen LogP contribution in [0.15, 0.2) is 65.7 Å². The molecule has 0 saturated carbocycles. The SMILES string of the molecule is CN(Cc1ccccc1)C1CCCN(C(=O)c2cnc3ccccn3c2=O)C1. The number of hydrogen-bond acceptors (Lipinski definition) is 4. The molecular weight excluding hydrogens is 352 g/mol. The molecule has 2 aromatic heterocycles. The van der Waals surface area contributed by atoms with Crippen molar-refractivity contribution in [3.63, 3.8) is 0 Å². The summed E-state index contributed by atoms with van der Waals surface area (Å²) in [5.74, 6) is -0.228. The van der Waals surface area contributed by atoms with Gasteiger partial charge in [-0.3, -0.25) is 18.9 Å². The van der Waals surface area contributed by atoms with Gasteiger partial charge in [-0.05, 0) is 37.6 Å². The van der Waals surface area contributed by atoms with Crippen LogP contribution in [0.4, 0.5) is 0 Å². The number of rotatable bonds is 4. The second-order valence-electron chi connectivity index (χ2n) is 7.35. The zero-order valence-electron chi connectivity index (χ0n) is 16.0. The number of fused-ring (bicyclic) bond motifs is 1. The summed E-state index contributed by atoms with van der Waals surface area (Å²) in [5.41, 5.74) is 1.62. The molecule has 144 valence electrons. The smallest absolute Gasteiger partial charge is 0.270 e. The number of likely N-dealkylation sites (tertiary alicyclic amines) is 1. The summed E-state index contributed by atoms with van der Waals surface area (Å²) in [6.45, 7) is 2.14. The second-order valence-corrected chi connectivity index (χ2v) is 7.35. The highest BCUT2D eigenvalue weighted by atomic mass is 16.2. The number of piperidine rings is 1. The predicted molar refractivity (Wildman–Crippen MR) is 108 cm³/mol. The minimum absolute atomic E-state index is 0.134. The van der Waals surface area contributed by atoms with Crippen molar-refractivity contribution in [1.82, 2.24) is 19.2 Å². The van der Waals surface area contributed by atoms with Crippen LogP contribution in [0.5, 0.6) is 0 Å². The van der Waals surface area contributed by atoms with Gasteiger partial charge in [-0.1, -0.05) is 36.4 Å². The van der Waals surface area contributed by atoms with E-state index in [1.807, 2.05) is 24.3 Å². The van der Waals surface area contributed by atoms with Crippen molar-refractivity contribution in [2.75, 3.05) is 20.1 Å². The first-order valence-corrected chi connectivity index (χ1v) is 9.63. The van der Waals surface area contributed by atoms with Crippen molar-refractivity contribution < 1.29 is 4.79 Å². The number of amides is 1. The molecule has 1 atom stereocenters. The van der Waals surface area contributed by atoms with E-state index in [-0.39, 0.29) is 23.1 Å². The van der Waals surface area contributed by atoms with Crippen LogP contribution in [0.25, 0.3) is 5.65 Å². The molecule has 1 amide bonds. The van der Waals surface area contributed by atoms with Crippen molar-refractivity contribution in [2.45, 2.75) is 25.4 Å². The molecule has 6 nitrogen and oxygen atoms in total. The third-order valence-electron chi connectivity index (χ3n) is 5.43. The van der Waals surface area contributed by atoms with Gasteiger partial charge in [0, 0.05) is 38.1 Å². The molecule has 3 aromatic rings. The first-order chi connectivity index (χ1) is 13.6. The highest BCUT2D eigenvalue weighted by molar-refractivity contribution is 5.93. The van der Waals surface area contributed by atoms with Gasteiger partial charge >= 0.3 is 0 Å². The Balaban J connectivity index is 1.51. The van der Waals surface area contributed by atoms with Crippen LogP contribution in [-0.2, 0) is 6.54 Å². The third kappa shape index (κ3) is 3.68. The van der Waals surface area contributed by atoms with Crippen molar-refractivity contribution >= 4 is 11.6 Å². The Hall–Kier alpha value is -2.99. The van der Waals surface area contributed by atoms with Gasteiger partial charge in [0.05, 0.1) is 0 Å². The minimum atomic E-state index is -0.310. The molecule has 0 aliphatic carbocycles. The lowest BCUT2D eigenvalue weighted by Crippen LogP contribution is -2.49. The Morgan fingerprint density at radius 1 is 1.18 bits per heavy atom. The monoisotopic (exact) mass is 376 g/mol. The molecule has 1 aliphatic rings. The van der Waals surface area contributed by atoms with Gasteiger partial charge in [-0.2, -0.15) is 0 Å². The van der Waals surface area contributed by atoms with E-state index < -0.39 is 0 Å². The van der Waals surface area contributed by atoms with E-state index in [0.29, 0.717) is 18.7 Å². The number of likely N-dealkylation sites (N-methyl/N-ethyl adjacent to an activating group) is 1. The topological polar surface area (TPSA) is 57.9 Å². The van der Waals surface area contributed by atoms with E-state index in [9.17, 15) is 9.59 Å². The highest BCUT2D eigenvalue weighted by Crippen LogP contribution is 2.18. The molecule has 3 heterocycles. The lowest BCUT2D eigenvalue weighted by atomic mass is 10.0. The van der Waals surface area contributed by atoms with Crippen molar-refractivity contribution in [2.24, 2.45) is 0 Å². The van der Waals surface area contributed by atoms with Gasteiger partial charge in [0.1, 0.15) is 11.2 Å². The fourth-order valence-electron chi connectivity index (χ4n) is 3.84. The summed E-state index contributed by atoms with van der Waals surface area (Å²) in [6.07, 6.45) is 5.03. The quantitative estimate of drug-likeness (QED) is 0.702. The molecular formula is C22H24N4O2. The van der Waals surface area contributed by atoms with E-state index in [0.717, 1.165) is 19.4 Å². The first kappa shape index (κ1) is 18.4. The molecule has 6 heteroatoms. The Morgan fingerprint density at radius 2 is 1.96 bits per heavy atom. The normalized spacial score (nSPS) is 17.2. The number of carbonyl (C=O) groups excluding carboxylic acids is 1. The average Bonchev–Trinajstić information content (AvgIpc) is 2.74. The fraction of sp³-hybridized carbons (Fsp3) is 0.318. The molecule has 28 heavy (non-hydrogen) atoms. The lowest BCUT2D eigenvalue weighted by molar-refractivity contribution is 0.0600. The van der Waals surface area contributed by atoms with E-state index in [2.05, 4.69) is 29.1 Å². The van der Waals surface area contributed by atoms with Crippen LogP contribution in [0, 0.1) is 0 Å². The Morgan fingerprint density at radius 3 is 2.79 bits per heavy atom. The van der Waals surface area contributed by atoms with Crippen LogP contribution in [-0.4, -0.2) is 51.3 Å².